The van der Waals surface area contributed by atoms with Crippen molar-refractivity contribution >= 4 is 28.6 Å². The molecule has 0 amide bonds. The Hall–Kier alpha value is -0.730. The lowest BCUT2D eigenvalue weighted by Crippen LogP contribution is -2.15. The number of aromatic nitrogens is 2. The number of halogens is 3. The maximum atomic E-state index is 12.6. The molecule has 7 heteroatoms. The largest absolute Gasteiger partial charge is 0.481 e. The Morgan fingerprint density at radius 3 is 2.80 bits per heavy atom. The van der Waals surface area contributed by atoms with Gasteiger partial charge in [-0.25, -0.2) is 8.78 Å². The second kappa shape index (κ2) is 4.86. The molecule has 1 rings (SSSR count). The number of hydrogen-bond acceptors (Lipinski definition) is 2. The zero-order valence-corrected chi connectivity index (χ0v) is 9.98. The van der Waals surface area contributed by atoms with Crippen LogP contribution in [0.3, 0.4) is 0 Å². The minimum Gasteiger partial charge on any atom is -0.481 e. The lowest BCUT2D eigenvalue weighted by molar-refractivity contribution is -0.137. The zero-order chi connectivity index (χ0) is 11.6. The molecule has 4 nitrogen and oxygen atoms in total. The maximum Gasteiger partial charge on any atom is 0.305 e. The van der Waals surface area contributed by atoms with E-state index in [1.807, 2.05) is 0 Å². The van der Waals surface area contributed by atoms with E-state index in [1.54, 1.807) is 29.5 Å². The normalized spacial score (nSPS) is 13.1. The fourth-order valence-electron chi connectivity index (χ4n) is 1.25. The number of hydrogen-bond donors (Lipinski definition) is 1. The van der Waals surface area contributed by atoms with Gasteiger partial charge in [-0.15, -0.1) is 0 Å². The van der Waals surface area contributed by atoms with Gasteiger partial charge in [-0.1, -0.05) is 0 Å². The molecule has 0 aliphatic rings. The fraction of sp³-hybridized carbons (Fsp3) is 0.500. The molecule has 1 N–H and O–H groups in total. The summed E-state index contributed by atoms with van der Waals surface area (Å²) in [7, 11) is 0. The lowest BCUT2D eigenvalue weighted by Gasteiger charge is -2.13. The van der Waals surface area contributed by atoms with E-state index in [-0.39, 0.29) is 12.1 Å². The van der Waals surface area contributed by atoms with E-state index >= 15 is 0 Å². The fourth-order valence-corrected chi connectivity index (χ4v) is 1.85. The molecule has 0 saturated heterocycles. The second-order valence-electron chi connectivity index (χ2n) is 3.07. The second-order valence-corrected chi connectivity index (χ2v) is 4.23. The quantitative estimate of drug-likeness (QED) is 0.863. The summed E-state index contributed by atoms with van der Waals surface area (Å²) in [6, 6.07) is -0.574. The summed E-state index contributed by atoms with van der Waals surface area (Å²) in [6.45, 7) is 1.54. The third-order valence-electron chi connectivity index (χ3n) is 1.88. The highest BCUT2D eigenvalue weighted by Crippen LogP contribution is 2.27. The molecule has 0 aliphatic heterocycles. The first kappa shape index (κ1) is 12.3. The highest BCUT2D eigenvalue weighted by molar-refractivity contribution is 14.1. The highest BCUT2D eigenvalue weighted by atomic mass is 127. The van der Waals surface area contributed by atoms with Gasteiger partial charge in [0, 0.05) is 0 Å². The van der Waals surface area contributed by atoms with Gasteiger partial charge in [0.05, 0.1) is 22.2 Å². The van der Waals surface area contributed by atoms with Crippen LogP contribution in [0, 0.1) is 3.57 Å². The van der Waals surface area contributed by atoms with E-state index in [0.717, 1.165) is 4.68 Å². The molecule has 15 heavy (non-hydrogen) atoms. The van der Waals surface area contributed by atoms with Crippen LogP contribution in [0.1, 0.15) is 31.5 Å². The van der Waals surface area contributed by atoms with Crippen molar-refractivity contribution in [1.82, 2.24) is 9.78 Å². The first-order valence-electron chi connectivity index (χ1n) is 4.16. The van der Waals surface area contributed by atoms with Crippen LogP contribution < -0.4 is 0 Å². The number of carboxylic acids is 1. The summed E-state index contributed by atoms with van der Waals surface area (Å²) >= 11 is 1.75. The number of alkyl halides is 2. The van der Waals surface area contributed by atoms with Gasteiger partial charge in [0.25, 0.3) is 6.43 Å². The summed E-state index contributed by atoms with van der Waals surface area (Å²) in [5.41, 5.74) is -0.218. The van der Waals surface area contributed by atoms with Crippen molar-refractivity contribution in [2.75, 3.05) is 0 Å². The van der Waals surface area contributed by atoms with Gasteiger partial charge in [0.1, 0.15) is 5.69 Å². The molecule has 0 spiro atoms. The molecule has 1 heterocycles. The van der Waals surface area contributed by atoms with Crippen LogP contribution in [-0.4, -0.2) is 20.9 Å². The molecule has 0 saturated carbocycles. The zero-order valence-electron chi connectivity index (χ0n) is 7.82. The van der Waals surface area contributed by atoms with Gasteiger partial charge in [0.2, 0.25) is 0 Å². The van der Waals surface area contributed by atoms with Crippen LogP contribution in [0.2, 0.25) is 0 Å². The Bertz CT molecular complexity index is 368. The Kier molecular flexibility index (Phi) is 4.00. The van der Waals surface area contributed by atoms with E-state index < -0.39 is 18.4 Å². The number of carbonyl (C=O) groups is 1. The van der Waals surface area contributed by atoms with Gasteiger partial charge in [-0.3, -0.25) is 9.48 Å². The average molecular weight is 330 g/mol. The summed E-state index contributed by atoms with van der Waals surface area (Å²) < 4.78 is 26.6. The molecule has 0 radical (unpaired) electrons. The van der Waals surface area contributed by atoms with Crippen LogP contribution >= 0.6 is 22.6 Å². The molecule has 0 aromatic carbocycles. The predicted octanol–water partition coefficient (Wildman–Crippen LogP) is 2.46. The molecule has 1 atom stereocenters. The van der Waals surface area contributed by atoms with Crippen LogP contribution in [-0.2, 0) is 4.79 Å². The maximum absolute atomic E-state index is 12.6. The van der Waals surface area contributed by atoms with E-state index in [1.165, 1.54) is 6.20 Å². The molecular formula is C8H9F2IN2O2. The SMILES string of the molecule is C[C@H](CC(=O)O)n1ncc(I)c1C(F)F. The van der Waals surface area contributed by atoms with Crippen LogP contribution in [0.5, 0.6) is 0 Å². The Morgan fingerprint density at radius 1 is 1.73 bits per heavy atom. The average Bonchev–Trinajstić information content (AvgIpc) is 2.45. The molecule has 0 fully saturated rings. The van der Waals surface area contributed by atoms with Crippen molar-refractivity contribution < 1.29 is 18.7 Å². The number of rotatable bonds is 4. The molecular weight excluding hydrogens is 321 g/mol. The van der Waals surface area contributed by atoms with Crippen LogP contribution in [0.25, 0.3) is 0 Å². The summed E-state index contributed by atoms with van der Waals surface area (Å²) in [4.78, 5) is 10.4. The van der Waals surface area contributed by atoms with Crippen molar-refractivity contribution in [3.63, 3.8) is 0 Å². The Morgan fingerprint density at radius 2 is 2.33 bits per heavy atom. The van der Waals surface area contributed by atoms with Gasteiger partial charge in [-0.2, -0.15) is 5.10 Å². The minimum atomic E-state index is -2.64. The van der Waals surface area contributed by atoms with Crippen LogP contribution in [0.4, 0.5) is 8.78 Å². The third kappa shape index (κ3) is 2.86. The van der Waals surface area contributed by atoms with Gasteiger partial charge < -0.3 is 5.11 Å². The standard InChI is InChI=1S/C8H9F2IN2O2/c1-4(2-6(14)15)13-7(8(9)10)5(11)3-12-13/h3-4,8H,2H2,1H3,(H,14,15)/t4-/m1/s1. The molecule has 0 unspecified atom stereocenters. The lowest BCUT2D eigenvalue weighted by atomic mass is 10.2. The molecule has 0 bridgehead atoms. The van der Waals surface area contributed by atoms with Crippen molar-refractivity contribution in [3.8, 4) is 0 Å². The van der Waals surface area contributed by atoms with Crippen LogP contribution in [0.15, 0.2) is 6.20 Å². The van der Waals surface area contributed by atoms with Crippen molar-refractivity contribution in [3.05, 3.63) is 15.5 Å². The Balaban J connectivity index is 2.98. The first-order chi connectivity index (χ1) is 6.93. The number of aliphatic carboxylic acids is 1. The molecule has 1 aromatic rings. The van der Waals surface area contributed by atoms with E-state index in [4.69, 9.17) is 5.11 Å². The summed E-state index contributed by atoms with van der Waals surface area (Å²) in [6.07, 6.45) is -1.56. The van der Waals surface area contributed by atoms with E-state index in [0.29, 0.717) is 3.57 Å². The highest BCUT2D eigenvalue weighted by Gasteiger charge is 2.22. The topological polar surface area (TPSA) is 55.1 Å². The predicted molar refractivity (Wildman–Crippen MR) is 56.9 cm³/mol. The first-order valence-corrected chi connectivity index (χ1v) is 5.24. The molecule has 84 valence electrons. The van der Waals surface area contributed by atoms with Crippen molar-refractivity contribution in [1.29, 1.82) is 0 Å². The molecule has 0 aliphatic carbocycles. The van der Waals surface area contributed by atoms with Gasteiger partial charge in [0.15, 0.2) is 0 Å². The van der Waals surface area contributed by atoms with Gasteiger partial charge in [-0.05, 0) is 29.5 Å². The number of carboxylic acid groups (broad SMARTS) is 1. The van der Waals surface area contributed by atoms with Gasteiger partial charge >= 0.3 is 5.97 Å². The van der Waals surface area contributed by atoms with Crippen molar-refractivity contribution in [2.45, 2.75) is 25.8 Å². The number of nitrogens with zero attached hydrogens (tertiary/aromatic N) is 2. The molecule has 1 aromatic heterocycles. The van der Waals surface area contributed by atoms with Crippen molar-refractivity contribution in [2.24, 2.45) is 0 Å². The third-order valence-corrected chi connectivity index (χ3v) is 2.71. The Labute approximate surface area is 98.4 Å². The minimum absolute atomic E-state index is 0.218. The van der Waals surface area contributed by atoms with E-state index in [2.05, 4.69) is 5.10 Å². The summed E-state index contributed by atoms with van der Waals surface area (Å²) in [5.74, 6) is -1.03. The van der Waals surface area contributed by atoms with E-state index in [9.17, 15) is 13.6 Å². The summed E-state index contributed by atoms with van der Waals surface area (Å²) in [5, 5.41) is 12.3. The monoisotopic (exact) mass is 330 g/mol. The smallest absolute Gasteiger partial charge is 0.305 e.